The number of halogens is 1. The van der Waals surface area contributed by atoms with Gasteiger partial charge in [0.05, 0.1) is 3.79 Å². The lowest BCUT2D eigenvalue weighted by Gasteiger charge is -2.13. The summed E-state index contributed by atoms with van der Waals surface area (Å²) in [6.45, 7) is 6.89. The highest BCUT2D eigenvalue weighted by Gasteiger charge is 2.45. The molecule has 0 spiro atoms. The predicted molar refractivity (Wildman–Crippen MR) is 65.8 cm³/mol. The first kappa shape index (κ1) is 10.7. The number of hydrogen-bond acceptors (Lipinski definition) is 2. The Kier molecular flexibility index (Phi) is 2.75. The minimum atomic E-state index is 0.484. The van der Waals surface area contributed by atoms with Gasteiger partial charge in [0, 0.05) is 17.0 Å². The molecule has 2 atom stereocenters. The van der Waals surface area contributed by atoms with Gasteiger partial charge in [0.25, 0.3) is 0 Å². The standard InChI is InChI=1S/C11H16BrNS/c1-7(8-4-5-10(12)14-8)13-9-6-11(9,2)3/h4-5,7,9,13H,6H2,1-3H3. The topological polar surface area (TPSA) is 12.0 Å². The Labute approximate surface area is 98.0 Å². The van der Waals surface area contributed by atoms with Crippen LogP contribution in [-0.2, 0) is 0 Å². The van der Waals surface area contributed by atoms with Gasteiger partial charge < -0.3 is 5.32 Å². The van der Waals surface area contributed by atoms with Crippen LogP contribution in [0.15, 0.2) is 15.9 Å². The van der Waals surface area contributed by atoms with Gasteiger partial charge in [0.15, 0.2) is 0 Å². The van der Waals surface area contributed by atoms with Crippen LogP contribution < -0.4 is 5.32 Å². The summed E-state index contributed by atoms with van der Waals surface area (Å²) in [5, 5.41) is 3.66. The van der Waals surface area contributed by atoms with Crippen LogP contribution in [0.1, 0.15) is 38.1 Å². The minimum absolute atomic E-state index is 0.484. The first-order chi connectivity index (χ1) is 6.49. The third kappa shape index (κ3) is 2.20. The molecule has 0 aromatic carbocycles. The number of rotatable bonds is 3. The second-order valence-corrected chi connectivity index (χ2v) is 7.27. The van der Waals surface area contributed by atoms with Gasteiger partial charge in [-0.15, -0.1) is 11.3 Å². The van der Waals surface area contributed by atoms with Crippen LogP contribution in [0.5, 0.6) is 0 Å². The van der Waals surface area contributed by atoms with Gasteiger partial charge in [-0.3, -0.25) is 0 Å². The molecule has 3 heteroatoms. The summed E-state index contributed by atoms with van der Waals surface area (Å²) in [5.41, 5.74) is 0.517. The quantitative estimate of drug-likeness (QED) is 0.879. The van der Waals surface area contributed by atoms with Crippen molar-refractivity contribution in [2.75, 3.05) is 0 Å². The van der Waals surface area contributed by atoms with Crippen molar-refractivity contribution in [3.05, 3.63) is 20.8 Å². The molecule has 1 N–H and O–H groups in total. The van der Waals surface area contributed by atoms with Crippen LogP contribution in [0.25, 0.3) is 0 Å². The average molecular weight is 274 g/mol. The molecule has 0 aliphatic heterocycles. The predicted octanol–water partition coefficient (Wildman–Crippen LogP) is 3.96. The third-order valence-electron chi connectivity index (χ3n) is 2.99. The molecule has 0 radical (unpaired) electrons. The molecular weight excluding hydrogens is 258 g/mol. The Morgan fingerprint density at radius 1 is 1.57 bits per heavy atom. The normalized spacial score (nSPS) is 26.1. The molecule has 1 aromatic heterocycles. The van der Waals surface area contributed by atoms with Crippen molar-refractivity contribution in [2.45, 2.75) is 39.3 Å². The molecule has 2 unspecified atom stereocenters. The smallest absolute Gasteiger partial charge is 0.0701 e. The Hall–Kier alpha value is 0.140. The molecule has 78 valence electrons. The number of hydrogen-bond donors (Lipinski definition) is 1. The number of thiophene rings is 1. The maximum atomic E-state index is 3.66. The van der Waals surface area contributed by atoms with Crippen molar-refractivity contribution in [2.24, 2.45) is 5.41 Å². The Morgan fingerprint density at radius 3 is 2.64 bits per heavy atom. The van der Waals surface area contributed by atoms with E-state index in [1.54, 1.807) is 0 Å². The van der Waals surface area contributed by atoms with Gasteiger partial charge in [-0.05, 0) is 46.8 Å². The Balaban J connectivity index is 1.94. The Morgan fingerprint density at radius 2 is 2.21 bits per heavy atom. The van der Waals surface area contributed by atoms with Gasteiger partial charge in [-0.1, -0.05) is 13.8 Å². The summed E-state index contributed by atoms with van der Waals surface area (Å²) in [6.07, 6.45) is 1.31. The number of nitrogens with one attached hydrogen (secondary N) is 1. The van der Waals surface area contributed by atoms with E-state index >= 15 is 0 Å². The molecule has 0 saturated heterocycles. The van der Waals surface area contributed by atoms with Gasteiger partial charge in [-0.25, -0.2) is 0 Å². The Bertz CT molecular complexity index is 332. The summed E-state index contributed by atoms with van der Waals surface area (Å²) in [5.74, 6) is 0. The van der Waals surface area contributed by atoms with Gasteiger partial charge in [0.1, 0.15) is 0 Å². The van der Waals surface area contributed by atoms with Crippen LogP contribution in [0.2, 0.25) is 0 Å². The first-order valence-corrected chi connectivity index (χ1v) is 6.61. The third-order valence-corrected chi connectivity index (χ3v) is 4.79. The van der Waals surface area contributed by atoms with E-state index in [0.717, 1.165) is 0 Å². The molecule has 1 heterocycles. The molecule has 1 saturated carbocycles. The molecule has 1 aromatic rings. The summed E-state index contributed by atoms with van der Waals surface area (Å²) in [7, 11) is 0. The van der Waals surface area contributed by atoms with Crippen molar-refractivity contribution >= 4 is 27.3 Å². The van der Waals surface area contributed by atoms with Crippen molar-refractivity contribution in [3.8, 4) is 0 Å². The van der Waals surface area contributed by atoms with Crippen molar-refractivity contribution in [3.63, 3.8) is 0 Å². The summed E-state index contributed by atoms with van der Waals surface area (Å²) in [6, 6.07) is 5.51. The highest BCUT2D eigenvalue weighted by Crippen LogP contribution is 2.46. The van der Waals surface area contributed by atoms with E-state index in [1.807, 2.05) is 11.3 Å². The molecule has 1 fully saturated rings. The molecule has 0 bridgehead atoms. The van der Waals surface area contributed by atoms with Crippen molar-refractivity contribution in [1.82, 2.24) is 5.32 Å². The fraction of sp³-hybridized carbons (Fsp3) is 0.636. The zero-order valence-electron chi connectivity index (χ0n) is 8.80. The van der Waals surface area contributed by atoms with E-state index in [9.17, 15) is 0 Å². The van der Waals surface area contributed by atoms with Crippen molar-refractivity contribution < 1.29 is 0 Å². The van der Waals surface area contributed by atoms with E-state index in [0.29, 0.717) is 17.5 Å². The highest BCUT2D eigenvalue weighted by molar-refractivity contribution is 9.11. The van der Waals surface area contributed by atoms with Gasteiger partial charge >= 0.3 is 0 Å². The summed E-state index contributed by atoms with van der Waals surface area (Å²) < 4.78 is 1.22. The van der Waals surface area contributed by atoms with E-state index in [2.05, 4.69) is 54.2 Å². The van der Waals surface area contributed by atoms with E-state index in [4.69, 9.17) is 0 Å². The zero-order chi connectivity index (χ0) is 10.3. The van der Waals surface area contributed by atoms with Crippen molar-refractivity contribution in [1.29, 1.82) is 0 Å². The lowest BCUT2D eigenvalue weighted by Crippen LogP contribution is -2.23. The van der Waals surface area contributed by atoms with Crippen LogP contribution in [-0.4, -0.2) is 6.04 Å². The molecule has 0 amide bonds. The zero-order valence-corrected chi connectivity index (χ0v) is 11.2. The lowest BCUT2D eigenvalue weighted by atomic mass is 10.2. The highest BCUT2D eigenvalue weighted by atomic mass is 79.9. The largest absolute Gasteiger partial charge is 0.306 e. The van der Waals surface area contributed by atoms with Crippen LogP contribution >= 0.6 is 27.3 Å². The SMILES string of the molecule is CC(NC1CC1(C)C)c1ccc(Br)s1. The fourth-order valence-corrected chi connectivity index (χ4v) is 3.13. The molecule has 2 rings (SSSR count). The van der Waals surface area contributed by atoms with E-state index in [-0.39, 0.29) is 0 Å². The molecule has 1 aliphatic rings. The summed E-state index contributed by atoms with van der Waals surface area (Å²) in [4.78, 5) is 1.42. The van der Waals surface area contributed by atoms with E-state index < -0.39 is 0 Å². The second-order valence-electron chi connectivity index (χ2n) is 4.78. The second kappa shape index (κ2) is 3.62. The maximum absolute atomic E-state index is 3.66. The van der Waals surface area contributed by atoms with Crippen LogP contribution in [0, 0.1) is 5.41 Å². The molecule has 1 nitrogen and oxygen atoms in total. The van der Waals surface area contributed by atoms with E-state index in [1.165, 1.54) is 15.1 Å². The lowest BCUT2D eigenvalue weighted by molar-refractivity contribution is 0.496. The summed E-state index contributed by atoms with van der Waals surface area (Å²) >= 11 is 5.32. The monoisotopic (exact) mass is 273 g/mol. The molecule has 14 heavy (non-hydrogen) atoms. The van der Waals surface area contributed by atoms with Crippen LogP contribution in [0.4, 0.5) is 0 Å². The van der Waals surface area contributed by atoms with Crippen LogP contribution in [0.3, 0.4) is 0 Å². The first-order valence-electron chi connectivity index (χ1n) is 5.00. The fourth-order valence-electron chi connectivity index (χ4n) is 1.70. The average Bonchev–Trinajstić information content (AvgIpc) is 2.52. The molecule has 1 aliphatic carbocycles. The van der Waals surface area contributed by atoms with Gasteiger partial charge in [-0.2, -0.15) is 0 Å². The molecular formula is C11H16BrNS. The minimum Gasteiger partial charge on any atom is -0.306 e. The maximum Gasteiger partial charge on any atom is 0.0701 e. The van der Waals surface area contributed by atoms with Gasteiger partial charge in [0.2, 0.25) is 0 Å².